The molecule has 1 heterocycles. The van der Waals surface area contributed by atoms with Crippen molar-refractivity contribution in [3.05, 3.63) is 95.3 Å². The van der Waals surface area contributed by atoms with E-state index in [-0.39, 0.29) is 6.10 Å². The van der Waals surface area contributed by atoms with Crippen molar-refractivity contribution in [2.75, 3.05) is 6.61 Å². The van der Waals surface area contributed by atoms with Crippen LogP contribution in [0.25, 0.3) is 0 Å². The maximum absolute atomic E-state index is 9.26. The first-order valence-corrected chi connectivity index (χ1v) is 8.63. The van der Waals surface area contributed by atoms with E-state index < -0.39 is 0 Å². The van der Waals surface area contributed by atoms with E-state index in [9.17, 15) is 5.11 Å². The molecule has 0 aromatic heterocycles. The van der Waals surface area contributed by atoms with Crippen LogP contribution in [0.3, 0.4) is 0 Å². The normalized spacial score (nSPS) is 18.5. The van der Waals surface area contributed by atoms with Crippen LogP contribution in [0.2, 0.25) is 0 Å². The van der Waals surface area contributed by atoms with Crippen molar-refractivity contribution in [1.82, 2.24) is 0 Å². The molecular weight excluding hydrogens is 310 g/mol. The smallest absolute Gasteiger partial charge is 0.118 e. The van der Waals surface area contributed by atoms with Gasteiger partial charge in [0, 0.05) is 6.42 Å². The molecule has 0 radical (unpaired) electrons. The van der Waals surface area contributed by atoms with Crippen LogP contribution in [-0.2, 0) is 4.74 Å². The Balaban J connectivity index is 0.000000150. The third-order valence-electron chi connectivity index (χ3n) is 4.27. The highest BCUT2D eigenvalue weighted by molar-refractivity contribution is 6.10. The molecule has 2 aromatic rings. The third-order valence-corrected chi connectivity index (χ3v) is 4.27. The van der Waals surface area contributed by atoms with Crippen LogP contribution in [0.4, 0.5) is 0 Å². The van der Waals surface area contributed by atoms with Crippen LogP contribution in [-0.4, -0.2) is 23.5 Å². The van der Waals surface area contributed by atoms with E-state index in [0.717, 1.165) is 36.1 Å². The topological polar surface area (TPSA) is 53.3 Å². The van der Waals surface area contributed by atoms with Crippen molar-refractivity contribution >= 4 is 5.71 Å². The van der Waals surface area contributed by atoms with E-state index in [1.807, 2.05) is 66.7 Å². The lowest BCUT2D eigenvalue weighted by Gasteiger charge is -2.25. The zero-order chi connectivity index (χ0) is 17.5. The van der Waals surface area contributed by atoms with Gasteiger partial charge in [0.25, 0.3) is 0 Å². The van der Waals surface area contributed by atoms with Gasteiger partial charge in [-0.15, -0.1) is 0 Å². The molecule has 2 aromatic carbocycles. The van der Waals surface area contributed by atoms with Crippen LogP contribution < -0.4 is 0 Å². The first-order valence-electron chi connectivity index (χ1n) is 8.63. The van der Waals surface area contributed by atoms with Gasteiger partial charge in [0.05, 0.1) is 11.8 Å². The van der Waals surface area contributed by atoms with Crippen molar-refractivity contribution in [3.8, 4) is 0 Å². The average Bonchev–Trinajstić information content (AvgIpc) is 2.69. The summed E-state index contributed by atoms with van der Waals surface area (Å²) >= 11 is 0. The van der Waals surface area contributed by atoms with Gasteiger partial charge in [-0.1, -0.05) is 66.7 Å². The molecule has 2 N–H and O–H groups in total. The minimum Gasteiger partial charge on any atom is -0.491 e. The van der Waals surface area contributed by atoms with E-state index in [4.69, 9.17) is 10.1 Å². The molecule has 2 aliphatic rings. The molecule has 0 amide bonds. The minimum absolute atomic E-state index is 0.278. The van der Waals surface area contributed by atoms with Crippen molar-refractivity contribution in [1.29, 1.82) is 5.41 Å². The molecule has 3 heteroatoms. The number of allylic oxidation sites excluding steroid dienone is 2. The number of hydrogen-bond acceptors (Lipinski definition) is 3. The Morgan fingerprint density at radius 3 is 2.16 bits per heavy atom. The monoisotopic (exact) mass is 333 g/mol. The van der Waals surface area contributed by atoms with Gasteiger partial charge >= 0.3 is 0 Å². The first-order chi connectivity index (χ1) is 12.2. The quantitative estimate of drug-likeness (QED) is 0.797. The molecular formula is C22H23NO2. The molecule has 0 spiro atoms. The molecule has 1 atom stereocenters. The van der Waals surface area contributed by atoms with Gasteiger partial charge in [0.1, 0.15) is 12.4 Å². The highest BCUT2D eigenvalue weighted by atomic mass is 16.5. The van der Waals surface area contributed by atoms with Crippen molar-refractivity contribution in [2.45, 2.75) is 25.4 Å². The van der Waals surface area contributed by atoms with Crippen molar-refractivity contribution in [2.24, 2.45) is 0 Å². The van der Waals surface area contributed by atoms with E-state index >= 15 is 0 Å². The minimum atomic E-state index is -0.278. The fraction of sp³-hybridized carbons (Fsp3) is 0.227. The highest BCUT2D eigenvalue weighted by Crippen LogP contribution is 2.27. The summed E-state index contributed by atoms with van der Waals surface area (Å²) in [6.07, 6.45) is 6.82. The lowest BCUT2D eigenvalue weighted by molar-refractivity contribution is 0.0560. The Kier molecular flexibility index (Phi) is 5.81. The maximum Gasteiger partial charge on any atom is 0.118 e. The number of aliphatic hydroxyl groups excluding tert-OH is 1. The van der Waals surface area contributed by atoms with Crippen LogP contribution >= 0.6 is 0 Å². The fourth-order valence-corrected chi connectivity index (χ4v) is 2.95. The summed E-state index contributed by atoms with van der Waals surface area (Å²) in [5.74, 6) is 1.00. The Hall–Kier alpha value is -2.65. The summed E-state index contributed by atoms with van der Waals surface area (Å²) in [6.45, 7) is 0.461. The molecule has 1 unspecified atom stereocenters. The van der Waals surface area contributed by atoms with Gasteiger partial charge in [0.2, 0.25) is 0 Å². The SMILES string of the molecule is N=C(c1ccccc1)c1ccccc1.OC1COC2=C(CCC=C2)C1. The third kappa shape index (κ3) is 4.68. The lowest BCUT2D eigenvalue weighted by atomic mass is 9.96. The summed E-state index contributed by atoms with van der Waals surface area (Å²) in [6, 6.07) is 19.5. The summed E-state index contributed by atoms with van der Waals surface area (Å²) in [7, 11) is 0. The highest BCUT2D eigenvalue weighted by Gasteiger charge is 2.19. The summed E-state index contributed by atoms with van der Waals surface area (Å²) < 4.78 is 5.34. The fourth-order valence-electron chi connectivity index (χ4n) is 2.95. The van der Waals surface area contributed by atoms with E-state index in [0.29, 0.717) is 12.3 Å². The van der Waals surface area contributed by atoms with Gasteiger partial charge in [-0.3, -0.25) is 5.41 Å². The number of ether oxygens (including phenoxy) is 1. The standard InChI is InChI=1S/C13H11N.C9H12O2/c14-13(11-7-3-1-4-8-11)12-9-5-2-6-10-12;10-8-5-7-3-1-2-4-9(7)11-6-8/h1-10,14H;2,4,8,10H,1,3,5-6H2. The zero-order valence-corrected chi connectivity index (χ0v) is 14.2. The predicted octanol–water partition coefficient (Wildman–Crippen LogP) is 4.47. The Morgan fingerprint density at radius 2 is 1.56 bits per heavy atom. The predicted molar refractivity (Wildman–Crippen MR) is 101 cm³/mol. The van der Waals surface area contributed by atoms with Gasteiger partial charge < -0.3 is 9.84 Å². The van der Waals surface area contributed by atoms with Gasteiger partial charge in [0.15, 0.2) is 0 Å². The largest absolute Gasteiger partial charge is 0.491 e. The average molecular weight is 333 g/mol. The first kappa shape index (κ1) is 17.2. The van der Waals surface area contributed by atoms with Crippen LogP contribution in [0.15, 0.2) is 84.1 Å². The zero-order valence-electron chi connectivity index (χ0n) is 14.2. The van der Waals surface area contributed by atoms with Crippen molar-refractivity contribution < 1.29 is 9.84 Å². The van der Waals surface area contributed by atoms with Gasteiger partial charge in [-0.05, 0) is 35.6 Å². The second-order valence-corrected chi connectivity index (χ2v) is 6.18. The van der Waals surface area contributed by atoms with E-state index in [1.54, 1.807) is 0 Å². The molecule has 1 aliphatic carbocycles. The van der Waals surface area contributed by atoms with Crippen molar-refractivity contribution in [3.63, 3.8) is 0 Å². The molecule has 0 fully saturated rings. The number of benzene rings is 2. The van der Waals surface area contributed by atoms with Crippen LogP contribution in [0.5, 0.6) is 0 Å². The molecule has 128 valence electrons. The van der Waals surface area contributed by atoms with Crippen LogP contribution in [0.1, 0.15) is 30.4 Å². The molecule has 4 rings (SSSR count). The van der Waals surface area contributed by atoms with Gasteiger partial charge in [-0.25, -0.2) is 0 Å². The lowest BCUT2D eigenvalue weighted by Crippen LogP contribution is -2.22. The Bertz CT molecular complexity index is 722. The molecule has 1 aliphatic heterocycles. The number of aliphatic hydroxyl groups is 1. The summed E-state index contributed by atoms with van der Waals surface area (Å²) in [4.78, 5) is 0. The van der Waals surface area contributed by atoms with E-state index in [1.165, 1.54) is 5.57 Å². The Morgan fingerprint density at radius 1 is 0.960 bits per heavy atom. The second-order valence-electron chi connectivity index (χ2n) is 6.18. The number of hydrogen-bond donors (Lipinski definition) is 2. The number of nitrogens with one attached hydrogen (secondary N) is 1. The maximum atomic E-state index is 9.26. The molecule has 0 saturated carbocycles. The molecule has 0 saturated heterocycles. The Labute approximate surface area is 148 Å². The summed E-state index contributed by atoms with van der Waals surface area (Å²) in [5, 5.41) is 17.2. The molecule has 0 bridgehead atoms. The second kappa shape index (κ2) is 8.45. The van der Waals surface area contributed by atoms with Crippen LogP contribution in [0, 0.1) is 5.41 Å². The summed E-state index contributed by atoms with van der Waals surface area (Å²) in [5.41, 5.74) is 3.77. The molecule has 3 nitrogen and oxygen atoms in total. The number of rotatable bonds is 2. The van der Waals surface area contributed by atoms with Gasteiger partial charge in [-0.2, -0.15) is 0 Å². The molecule has 25 heavy (non-hydrogen) atoms. The van der Waals surface area contributed by atoms with E-state index in [2.05, 4.69) is 6.08 Å².